The number of benzene rings is 2. The Kier molecular flexibility index (Phi) is 7.23. The van der Waals surface area contributed by atoms with E-state index in [2.05, 4.69) is 5.32 Å². The maximum atomic E-state index is 13.0. The number of nitrogens with one attached hydrogen (secondary N) is 1. The van der Waals surface area contributed by atoms with Crippen LogP contribution in [0, 0.1) is 6.92 Å². The van der Waals surface area contributed by atoms with Gasteiger partial charge < -0.3 is 10.1 Å². The molecule has 35 heavy (non-hydrogen) atoms. The number of amides is 2. The zero-order chi connectivity index (χ0) is 25.1. The lowest BCUT2D eigenvalue weighted by atomic mass is 10.2. The Morgan fingerprint density at radius 1 is 1.11 bits per heavy atom. The van der Waals surface area contributed by atoms with Crippen LogP contribution in [0.1, 0.15) is 17.7 Å². The molecular formula is C25H24N4O4S2. The summed E-state index contributed by atoms with van der Waals surface area (Å²) in [6.45, 7) is 1.89. The number of nitrogens with zero attached hydrogens (tertiary/aromatic N) is 3. The van der Waals surface area contributed by atoms with Crippen molar-refractivity contribution >= 4 is 51.9 Å². The lowest BCUT2D eigenvalue weighted by Crippen LogP contribution is -2.32. The standard InChI is InChI=1S/C25H24N4O4S2/c1-16-22(24(32)29(27(16)2)18-7-5-4-6-8-18)26-21(30)13-14-28-23(31)20(35-25(28)34)15-17-9-11-19(33-3)12-10-17/h4-12,15H,13-14H2,1-3H3,(H,26,30)/b20-15-. The van der Waals surface area contributed by atoms with Crippen LogP contribution in [0.15, 0.2) is 64.3 Å². The molecule has 4 rings (SSSR count). The molecule has 8 nitrogen and oxygen atoms in total. The number of para-hydroxylation sites is 1. The summed E-state index contributed by atoms with van der Waals surface area (Å²) in [6, 6.07) is 16.5. The topological polar surface area (TPSA) is 85.6 Å². The molecule has 0 atom stereocenters. The first-order chi connectivity index (χ1) is 16.8. The molecule has 0 radical (unpaired) electrons. The molecule has 2 aromatic carbocycles. The van der Waals surface area contributed by atoms with Crippen LogP contribution in [-0.2, 0) is 16.6 Å². The summed E-state index contributed by atoms with van der Waals surface area (Å²) >= 11 is 6.57. The molecule has 0 unspecified atom stereocenters. The second-order valence-corrected chi connectivity index (χ2v) is 9.52. The van der Waals surface area contributed by atoms with Gasteiger partial charge in [0, 0.05) is 20.0 Å². The summed E-state index contributed by atoms with van der Waals surface area (Å²) < 4.78 is 8.74. The first kappa shape index (κ1) is 24.5. The predicted molar refractivity (Wildman–Crippen MR) is 142 cm³/mol. The zero-order valence-electron chi connectivity index (χ0n) is 19.5. The van der Waals surface area contributed by atoms with Crippen molar-refractivity contribution in [3.05, 3.63) is 81.1 Å². The first-order valence-electron chi connectivity index (χ1n) is 10.8. The number of rotatable bonds is 7. The van der Waals surface area contributed by atoms with Gasteiger partial charge in [-0.05, 0) is 42.8 Å². The normalized spacial score (nSPS) is 14.6. The van der Waals surface area contributed by atoms with E-state index in [1.165, 1.54) is 21.3 Å². The lowest BCUT2D eigenvalue weighted by Gasteiger charge is -2.13. The second-order valence-electron chi connectivity index (χ2n) is 7.84. The Bertz CT molecular complexity index is 1370. The van der Waals surface area contributed by atoms with E-state index in [-0.39, 0.29) is 36.0 Å². The molecule has 2 amide bonds. The molecule has 10 heteroatoms. The monoisotopic (exact) mass is 508 g/mol. The number of ether oxygens (including phenoxy) is 1. The Morgan fingerprint density at radius 3 is 2.46 bits per heavy atom. The van der Waals surface area contributed by atoms with Gasteiger partial charge in [0.2, 0.25) is 5.91 Å². The highest BCUT2D eigenvalue weighted by atomic mass is 32.2. The number of thioether (sulfide) groups is 1. The molecule has 0 saturated carbocycles. The Morgan fingerprint density at radius 2 is 1.80 bits per heavy atom. The van der Waals surface area contributed by atoms with Gasteiger partial charge in [-0.1, -0.05) is 54.3 Å². The van der Waals surface area contributed by atoms with Crippen LogP contribution < -0.4 is 15.6 Å². The Hall–Kier alpha value is -3.63. The molecule has 2 heterocycles. The molecule has 0 bridgehead atoms. The number of thiocarbonyl (C=S) groups is 1. The van der Waals surface area contributed by atoms with Crippen LogP contribution in [0.2, 0.25) is 0 Å². The molecule has 1 aliphatic heterocycles. The highest BCUT2D eigenvalue weighted by Gasteiger charge is 2.32. The molecular weight excluding hydrogens is 484 g/mol. The minimum atomic E-state index is -0.371. The summed E-state index contributed by atoms with van der Waals surface area (Å²) in [7, 11) is 3.35. The maximum Gasteiger partial charge on any atom is 0.295 e. The minimum Gasteiger partial charge on any atom is -0.497 e. The van der Waals surface area contributed by atoms with Gasteiger partial charge in [-0.15, -0.1) is 0 Å². The molecule has 180 valence electrons. The molecule has 1 aliphatic rings. The van der Waals surface area contributed by atoms with Gasteiger partial charge in [-0.2, -0.15) is 0 Å². The van der Waals surface area contributed by atoms with Gasteiger partial charge in [0.05, 0.1) is 23.4 Å². The van der Waals surface area contributed by atoms with Crippen molar-refractivity contribution in [3.63, 3.8) is 0 Å². The number of carbonyl (C=O) groups is 2. The summed E-state index contributed by atoms with van der Waals surface area (Å²) in [5, 5.41) is 2.72. The minimum absolute atomic E-state index is 0.00136. The molecule has 1 fully saturated rings. The van der Waals surface area contributed by atoms with Crippen molar-refractivity contribution < 1.29 is 14.3 Å². The fraction of sp³-hybridized carbons (Fsp3) is 0.200. The number of hydrogen-bond donors (Lipinski definition) is 1. The van der Waals surface area contributed by atoms with Crippen molar-refractivity contribution in [2.45, 2.75) is 13.3 Å². The van der Waals surface area contributed by atoms with E-state index < -0.39 is 0 Å². The van der Waals surface area contributed by atoms with E-state index in [9.17, 15) is 14.4 Å². The lowest BCUT2D eigenvalue weighted by molar-refractivity contribution is -0.122. The molecule has 3 aromatic rings. The third-order valence-corrected chi connectivity index (χ3v) is 7.05. The van der Waals surface area contributed by atoms with Crippen molar-refractivity contribution in [3.8, 4) is 11.4 Å². The van der Waals surface area contributed by atoms with E-state index in [0.717, 1.165) is 11.3 Å². The van der Waals surface area contributed by atoms with Crippen molar-refractivity contribution in [2.24, 2.45) is 7.05 Å². The number of hydrogen-bond acceptors (Lipinski definition) is 6. The fourth-order valence-corrected chi connectivity index (χ4v) is 4.98. The third kappa shape index (κ3) is 5.08. The smallest absolute Gasteiger partial charge is 0.295 e. The number of methoxy groups -OCH3 is 1. The van der Waals surface area contributed by atoms with E-state index in [1.807, 2.05) is 54.6 Å². The maximum absolute atomic E-state index is 13.0. The second kappa shape index (κ2) is 10.3. The Labute approximate surface area is 212 Å². The highest BCUT2D eigenvalue weighted by Crippen LogP contribution is 2.33. The summed E-state index contributed by atoms with van der Waals surface area (Å²) in [5.41, 5.74) is 2.06. The van der Waals surface area contributed by atoms with Crippen LogP contribution >= 0.6 is 24.0 Å². The van der Waals surface area contributed by atoms with Crippen molar-refractivity contribution in [2.75, 3.05) is 19.0 Å². The quantitative estimate of drug-likeness (QED) is 0.387. The van der Waals surface area contributed by atoms with Crippen molar-refractivity contribution in [1.29, 1.82) is 0 Å². The largest absolute Gasteiger partial charge is 0.497 e. The van der Waals surface area contributed by atoms with Crippen molar-refractivity contribution in [1.82, 2.24) is 14.3 Å². The van der Waals surface area contributed by atoms with Crippen LogP contribution in [0.4, 0.5) is 5.69 Å². The van der Waals surface area contributed by atoms with Crippen LogP contribution in [0.25, 0.3) is 11.8 Å². The Balaban J connectivity index is 1.43. The number of aromatic nitrogens is 2. The van der Waals surface area contributed by atoms with Crippen LogP contribution in [0.3, 0.4) is 0 Å². The SMILES string of the molecule is COc1ccc(/C=C2\SC(=S)N(CCC(=O)Nc3c(C)n(C)n(-c4ccccc4)c3=O)C2=O)cc1. The van der Waals surface area contributed by atoms with Gasteiger partial charge in [0.1, 0.15) is 15.8 Å². The van der Waals surface area contributed by atoms with Gasteiger partial charge in [0.15, 0.2) is 0 Å². The van der Waals surface area contributed by atoms with Crippen LogP contribution in [0.5, 0.6) is 5.75 Å². The average Bonchev–Trinajstić information content (AvgIpc) is 3.24. The summed E-state index contributed by atoms with van der Waals surface area (Å²) in [4.78, 5) is 40.5. The van der Waals surface area contributed by atoms with Gasteiger partial charge in [0.25, 0.3) is 11.5 Å². The molecule has 1 N–H and O–H groups in total. The number of anilines is 1. The van der Waals surface area contributed by atoms with E-state index in [1.54, 1.807) is 31.8 Å². The molecule has 0 aliphatic carbocycles. The fourth-order valence-electron chi connectivity index (χ4n) is 3.67. The number of carbonyl (C=O) groups excluding carboxylic acids is 2. The summed E-state index contributed by atoms with van der Waals surface area (Å²) in [6.07, 6.45) is 1.76. The first-order valence-corrected chi connectivity index (χ1v) is 12.1. The highest BCUT2D eigenvalue weighted by molar-refractivity contribution is 8.26. The molecule has 0 spiro atoms. The van der Waals surface area contributed by atoms with E-state index in [0.29, 0.717) is 20.6 Å². The van der Waals surface area contributed by atoms with E-state index in [4.69, 9.17) is 17.0 Å². The predicted octanol–water partition coefficient (Wildman–Crippen LogP) is 3.72. The van der Waals surface area contributed by atoms with E-state index >= 15 is 0 Å². The van der Waals surface area contributed by atoms with Gasteiger partial charge in [-0.25, -0.2) is 4.68 Å². The molecule has 1 aromatic heterocycles. The summed E-state index contributed by atoms with van der Waals surface area (Å²) in [5.74, 6) is 0.111. The van der Waals surface area contributed by atoms with Crippen LogP contribution in [-0.4, -0.2) is 44.1 Å². The molecule has 1 saturated heterocycles. The zero-order valence-corrected chi connectivity index (χ0v) is 21.1. The van der Waals surface area contributed by atoms with Gasteiger partial charge >= 0.3 is 0 Å². The third-order valence-electron chi connectivity index (χ3n) is 5.67. The average molecular weight is 509 g/mol. The van der Waals surface area contributed by atoms with Gasteiger partial charge in [-0.3, -0.25) is 24.0 Å².